The molecule has 0 aliphatic carbocycles. The lowest BCUT2D eigenvalue weighted by Crippen LogP contribution is -1.95. The van der Waals surface area contributed by atoms with Crippen molar-refractivity contribution in [3.63, 3.8) is 0 Å². The van der Waals surface area contributed by atoms with E-state index in [1.165, 1.54) is 36.4 Å². The minimum atomic E-state index is -0.995. The van der Waals surface area contributed by atoms with Gasteiger partial charge in [0.1, 0.15) is 17.2 Å². The highest BCUT2D eigenvalue weighted by Crippen LogP contribution is 2.30. The van der Waals surface area contributed by atoms with Gasteiger partial charge in [0.25, 0.3) is 0 Å². The van der Waals surface area contributed by atoms with Crippen molar-refractivity contribution < 1.29 is 19.7 Å². The molecule has 2 aromatic carbocycles. The summed E-state index contributed by atoms with van der Waals surface area (Å²) < 4.78 is 5.44. The van der Waals surface area contributed by atoms with Gasteiger partial charge >= 0.3 is 5.97 Å². The van der Waals surface area contributed by atoms with Gasteiger partial charge < -0.3 is 14.9 Å². The standard InChI is InChI=1S/C13H9ClO4/c14-11-6-5-10(7-12(11)15)18-9-3-1-8(2-4-9)13(16)17/h1-7,15H,(H,16,17). The van der Waals surface area contributed by atoms with Gasteiger partial charge in [-0.3, -0.25) is 0 Å². The van der Waals surface area contributed by atoms with Crippen molar-refractivity contribution in [2.45, 2.75) is 0 Å². The number of aromatic hydroxyl groups is 1. The number of aromatic carboxylic acids is 1. The Hall–Kier alpha value is -2.20. The zero-order valence-corrected chi connectivity index (χ0v) is 9.89. The molecule has 0 heterocycles. The van der Waals surface area contributed by atoms with Gasteiger partial charge in [-0.1, -0.05) is 11.6 Å². The Kier molecular flexibility index (Phi) is 3.39. The number of ether oxygens (including phenoxy) is 1. The molecule has 18 heavy (non-hydrogen) atoms. The van der Waals surface area contributed by atoms with Crippen LogP contribution in [-0.2, 0) is 0 Å². The van der Waals surface area contributed by atoms with E-state index in [2.05, 4.69) is 0 Å². The van der Waals surface area contributed by atoms with Crippen molar-refractivity contribution in [2.75, 3.05) is 0 Å². The number of phenols is 1. The number of carbonyl (C=O) groups is 1. The van der Waals surface area contributed by atoms with E-state index in [-0.39, 0.29) is 16.3 Å². The molecule has 0 atom stereocenters. The molecule has 0 aliphatic rings. The molecule has 4 nitrogen and oxygen atoms in total. The predicted octanol–water partition coefficient (Wildman–Crippen LogP) is 3.54. The first-order valence-corrected chi connectivity index (χ1v) is 5.44. The van der Waals surface area contributed by atoms with Gasteiger partial charge in [0.05, 0.1) is 10.6 Å². The quantitative estimate of drug-likeness (QED) is 0.890. The molecule has 0 fully saturated rings. The van der Waals surface area contributed by atoms with Crippen LogP contribution in [0.15, 0.2) is 42.5 Å². The lowest BCUT2D eigenvalue weighted by molar-refractivity contribution is 0.0697. The molecule has 0 unspecified atom stereocenters. The van der Waals surface area contributed by atoms with Gasteiger partial charge in [-0.25, -0.2) is 4.79 Å². The van der Waals surface area contributed by atoms with E-state index in [9.17, 15) is 9.90 Å². The van der Waals surface area contributed by atoms with Crippen LogP contribution in [0.5, 0.6) is 17.2 Å². The highest BCUT2D eigenvalue weighted by atomic mass is 35.5. The molecule has 0 amide bonds. The van der Waals surface area contributed by atoms with Crippen LogP contribution in [0, 0.1) is 0 Å². The first-order chi connectivity index (χ1) is 8.56. The molecule has 0 radical (unpaired) electrons. The van der Waals surface area contributed by atoms with E-state index < -0.39 is 5.97 Å². The highest BCUT2D eigenvalue weighted by molar-refractivity contribution is 6.32. The minimum absolute atomic E-state index is 0.0728. The molecule has 2 aromatic rings. The highest BCUT2D eigenvalue weighted by Gasteiger charge is 2.04. The Labute approximate surface area is 108 Å². The first-order valence-electron chi connectivity index (χ1n) is 5.06. The largest absolute Gasteiger partial charge is 0.506 e. The number of phenolic OH excluding ortho intramolecular Hbond substituents is 1. The number of carboxylic acid groups (broad SMARTS) is 1. The first kappa shape index (κ1) is 12.3. The third-order valence-electron chi connectivity index (χ3n) is 2.25. The van der Waals surface area contributed by atoms with E-state index in [4.69, 9.17) is 21.4 Å². The van der Waals surface area contributed by atoms with Crippen LogP contribution in [0.2, 0.25) is 5.02 Å². The molecule has 0 bridgehead atoms. The lowest BCUT2D eigenvalue weighted by atomic mass is 10.2. The summed E-state index contributed by atoms with van der Waals surface area (Å²) in [5.41, 5.74) is 0.182. The second-order valence-corrected chi connectivity index (χ2v) is 3.95. The zero-order chi connectivity index (χ0) is 13.1. The van der Waals surface area contributed by atoms with Crippen molar-refractivity contribution >= 4 is 17.6 Å². The molecule has 0 saturated heterocycles. The zero-order valence-electron chi connectivity index (χ0n) is 9.13. The number of hydrogen-bond acceptors (Lipinski definition) is 3. The van der Waals surface area contributed by atoms with Gasteiger partial charge in [0.15, 0.2) is 0 Å². The van der Waals surface area contributed by atoms with E-state index >= 15 is 0 Å². The molecule has 2 N–H and O–H groups in total. The normalized spacial score (nSPS) is 10.1. The van der Waals surface area contributed by atoms with Crippen molar-refractivity contribution in [1.29, 1.82) is 0 Å². The Morgan fingerprint density at radius 3 is 2.22 bits per heavy atom. The Balaban J connectivity index is 2.18. The van der Waals surface area contributed by atoms with E-state index in [1.54, 1.807) is 6.07 Å². The summed E-state index contributed by atoms with van der Waals surface area (Å²) in [6, 6.07) is 10.4. The monoisotopic (exact) mass is 264 g/mol. The Morgan fingerprint density at radius 2 is 1.67 bits per heavy atom. The SMILES string of the molecule is O=C(O)c1ccc(Oc2ccc(Cl)c(O)c2)cc1. The maximum Gasteiger partial charge on any atom is 0.335 e. The minimum Gasteiger partial charge on any atom is -0.506 e. The Bertz CT molecular complexity index is 578. The molecule has 2 rings (SSSR count). The summed E-state index contributed by atoms with van der Waals surface area (Å²) >= 11 is 5.67. The number of halogens is 1. The number of hydrogen-bond donors (Lipinski definition) is 2. The molecular weight excluding hydrogens is 256 g/mol. The van der Waals surface area contributed by atoms with Crippen LogP contribution in [0.1, 0.15) is 10.4 Å². The van der Waals surface area contributed by atoms with E-state index in [1.807, 2.05) is 0 Å². The number of benzene rings is 2. The smallest absolute Gasteiger partial charge is 0.335 e. The maximum atomic E-state index is 10.7. The van der Waals surface area contributed by atoms with Gasteiger partial charge in [0, 0.05) is 6.07 Å². The molecule has 0 spiro atoms. The van der Waals surface area contributed by atoms with Crippen molar-refractivity contribution in [1.82, 2.24) is 0 Å². The number of carboxylic acids is 1. The predicted molar refractivity (Wildman–Crippen MR) is 66.6 cm³/mol. The van der Waals surface area contributed by atoms with Gasteiger partial charge in [-0.05, 0) is 36.4 Å². The Morgan fingerprint density at radius 1 is 1.06 bits per heavy atom. The third kappa shape index (κ3) is 2.73. The van der Waals surface area contributed by atoms with Gasteiger partial charge in [-0.2, -0.15) is 0 Å². The molecule has 0 saturated carbocycles. The molecule has 0 aromatic heterocycles. The van der Waals surface area contributed by atoms with E-state index in [0.29, 0.717) is 11.5 Å². The van der Waals surface area contributed by atoms with Crippen LogP contribution < -0.4 is 4.74 Å². The summed E-state index contributed by atoms with van der Waals surface area (Å²) in [5, 5.41) is 18.4. The molecular formula is C13H9ClO4. The molecule has 92 valence electrons. The van der Waals surface area contributed by atoms with Crippen LogP contribution in [0.25, 0.3) is 0 Å². The summed E-state index contributed by atoms with van der Waals surface area (Å²) in [6.45, 7) is 0. The van der Waals surface area contributed by atoms with Crippen LogP contribution in [-0.4, -0.2) is 16.2 Å². The van der Waals surface area contributed by atoms with Crippen LogP contribution >= 0.6 is 11.6 Å². The second kappa shape index (κ2) is 4.98. The fraction of sp³-hybridized carbons (Fsp3) is 0. The fourth-order valence-electron chi connectivity index (χ4n) is 1.36. The summed E-state index contributed by atoms with van der Waals surface area (Å²) in [6.07, 6.45) is 0. The van der Waals surface area contributed by atoms with Gasteiger partial charge in [0.2, 0.25) is 0 Å². The van der Waals surface area contributed by atoms with Crippen molar-refractivity contribution in [3.8, 4) is 17.2 Å². The molecule has 5 heteroatoms. The fourth-order valence-corrected chi connectivity index (χ4v) is 1.48. The van der Waals surface area contributed by atoms with Crippen molar-refractivity contribution in [3.05, 3.63) is 53.1 Å². The topological polar surface area (TPSA) is 66.8 Å². The van der Waals surface area contributed by atoms with Crippen LogP contribution in [0.3, 0.4) is 0 Å². The van der Waals surface area contributed by atoms with Crippen LogP contribution in [0.4, 0.5) is 0 Å². The lowest BCUT2D eigenvalue weighted by Gasteiger charge is -2.06. The van der Waals surface area contributed by atoms with Gasteiger partial charge in [-0.15, -0.1) is 0 Å². The average molecular weight is 265 g/mol. The summed E-state index contributed by atoms with van der Waals surface area (Å²) in [7, 11) is 0. The van der Waals surface area contributed by atoms with E-state index in [0.717, 1.165) is 0 Å². The molecule has 0 aliphatic heterocycles. The number of rotatable bonds is 3. The summed E-state index contributed by atoms with van der Waals surface area (Å²) in [5.74, 6) is -0.177. The third-order valence-corrected chi connectivity index (χ3v) is 2.57. The van der Waals surface area contributed by atoms with Crippen molar-refractivity contribution in [2.24, 2.45) is 0 Å². The summed E-state index contributed by atoms with van der Waals surface area (Å²) in [4.78, 5) is 10.7. The maximum absolute atomic E-state index is 10.7. The second-order valence-electron chi connectivity index (χ2n) is 3.54. The average Bonchev–Trinajstić information content (AvgIpc) is 2.34.